The average molecular weight is 449 g/mol. The summed E-state index contributed by atoms with van der Waals surface area (Å²) in [4.78, 5) is 22.2. The number of hydrogen-bond acceptors (Lipinski definition) is 5. The van der Waals surface area contributed by atoms with Gasteiger partial charge in [-0.1, -0.05) is 0 Å². The first kappa shape index (κ1) is 21.7. The van der Waals surface area contributed by atoms with Crippen LogP contribution in [0.3, 0.4) is 0 Å². The summed E-state index contributed by atoms with van der Waals surface area (Å²) in [6.07, 6.45) is -2.46. The number of piperidine rings is 1. The third kappa shape index (κ3) is 4.14. The molecule has 0 spiro atoms. The Labute approximate surface area is 182 Å². The molecular weight excluding hydrogens is 427 g/mol. The molecule has 1 fully saturated rings. The normalized spacial score (nSPS) is 15.1. The number of nitrogens with one attached hydrogen (secondary N) is 1. The Hall–Kier alpha value is -3.50. The molecule has 1 aliphatic rings. The summed E-state index contributed by atoms with van der Waals surface area (Å²) < 4.78 is 52.4. The van der Waals surface area contributed by atoms with Gasteiger partial charge in [0.2, 0.25) is 5.82 Å². The molecule has 170 valence electrons. The predicted molar refractivity (Wildman–Crippen MR) is 111 cm³/mol. The predicted octanol–water partition coefficient (Wildman–Crippen LogP) is 4.34. The van der Waals surface area contributed by atoms with Crippen molar-refractivity contribution in [3.05, 3.63) is 42.4 Å². The van der Waals surface area contributed by atoms with Crippen LogP contribution in [0.2, 0.25) is 0 Å². The number of urea groups is 1. The van der Waals surface area contributed by atoms with E-state index in [0.29, 0.717) is 43.1 Å². The van der Waals surface area contributed by atoms with E-state index in [2.05, 4.69) is 15.3 Å². The van der Waals surface area contributed by atoms with E-state index < -0.39 is 18.0 Å². The van der Waals surface area contributed by atoms with E-state index in [1.54, 1.807) is 29.2 Å². The number of carbonyl (C=O) groups excluding carboxylic acids is 1. The summed E-state index contributed by atoms with van der Waals surface area (Å²) in [6, 6.07) is 7.26. The molecule has 1 aliphatic heterocycles. The van der Waals surface area contributed by atoms with Gasteiger partial charge in [-0.25, -0.2) is 14.8 Å². The second kappa shape index (κ2) is 8.56. The van der Waals surface area contributed by atoms with Crippen molar-refractivity contribution >= 4 is 22.9 Å². The number of halogens is 3. The number of anilines is 1. The number of amides is 2. The van der Waals surface area contributed by atoms with Gasteiger partial charge in [0, 0.05) is 31.4 Å². The first-order chi connectivity index (χ1) is 15.3. The molecule has 1 aromatic carbocycles. The number of imidazole rings is 1. The molecule has 2 aromatic heterocycles. The smallest absolute Gasteiger partial charge is 0.449 e. The average Bonchev–Trinajstić information content (AvgIpc) is 3.19. The highest BCUT2D eigenvalue weighted by atomic mass is 19.4. The van der Waals surface area contributed by atoms with Crippen LogP contribution in [0.4, 0.5) is 23.7 Å². The number of methoxy groups -OCH3 is 2. The summed E-state index contributed by atoms with van der Waals surface area (Å²) in [7, 11) is 3.01. The van der Waals surface area contributed by atoms with Gasteiger partial charge in [0.05, 0.1) is 19.9 Å². The van der Waals surface area contributed by atoms with Crippen molar-refractivity contribution in [2.24, 2.45) is 0 Å². The Balaban J connectivity index is 1.49. The van der Waals surface area contributed by atoms with Crippen LogP contribution in [-0.4, -0.2) is 52.8 Å². The van der Waals surface area contributed by atoms with Crippen LogP contribution in [0.25, 0.3) is 11.2 Å². The maximum absolute atomic E-state index is 13.6. The highest BCUT2D eigenvalue weighted by Gasteiger charge is 2.40. The molecule has 2 amide bonds. The van der Waals surface area contributed by atoms with Crippen LogP contribution in [0, 0.1) is 0 Å². The van der Waals surface area contributed by atoms with Crippen molar-refractivity contribution in [3.8, 4) is 11.5 Å². The molecule has 1 N–H and O–H groups in total. The first-order valence-corrected chi connectivity index (χ1v) is 10.00. The molecule has 4 rings (SSSR count). The number of nitrogens with zero attached hydrogens (tertiary/aromatic N) is 4. The fraction of sp³-hybridized carbons (Fsp3) is 0.381. The number of ether oxygens (including phenoxy) is 2. The van der Waals surface area contributed by atoms with E-state index in [4.69, 9.17) is 9.47 Å². The van der Waals surface area contributed by atoms with E-state index in [0.717, 1.165) is 4.57 Å². The number of alkyl halides is 3. The minimum atomic E-state index is -4.60. The van der Waals surface area contributed by atoms with E-state index in [-0.39, 0.29) is 17.2 Å². The molecule has 3 aromatic rings. The maximum Gasteiger partial charge on any atom is 0.449 e. The van der Waals surface area contributed by atoms with Crippen LogP contribution < -0.4 is 14.8 Å². The number of hydrogen-bond donors (Lipinski definition) is 1. The monoisotopic (exact) mass is 449 g/mol. The molecule has 1 saturated heterocycles. The molecule has 0 atom stereocenters. The molecule has 0 bridgehead atoms. The van der Waals surface area contributed by atoms with Crippen LogP contribution in [-0.2, 0) is 6.18 Å². The molecule has 3 heterocycles. The molecule has 32 heavy (non-hydrogen) atoms. The first-order valence-electron chi connectivity index (χ1n) is 10.00. The standard InChI is InChI=1S/C21H22F3N5O3/c1-31-14-5-6-15(17(12-14)32-2)27-20(30)28-10-7-13(8-11-28)29-18-16(4-3-9-25-18)26-19(29)21(22,23)24/h3-6,9,12-13H,7-8,10-11H2,1-2H3,(H,27,30). The molecule has 11 heteroatoms. The van der Waals surface area contributed by atoms with Gasteiger partial charge in [-0.3, -0.25) is 0 Å². The van der Waals surface area contributed by atoms with Gasteiger partial charge < -0.3 is 24.3 Å². The Morgan fingerprint density at radius 2 is 1.91 bits per heavy atom. The van der Waals surface area contributed by atoms with Gasteiger partial charge in [0.15, 0.2) is 5.65 Å². The molecule has 8 nitrogen and oxygen atoms in total. The Bertz CT molecular complexity index is 1120. The van der Waals surface area contributed by atoms with E-state index in [9.17, 15) is 18.0 Å². The van der Waals surface area contributed by atoms with Gasteiger partial charge in [0.1, 0.15) is 17.0 Å². The lowest BCUT2D eigenvalue weighted by molar-refractivity contribution is -0.147. The van der Waals surface area contributed by atoms with E-state index in [1.165, 1.54) is 26.5 Å². The maximum atomic E-state index is 13.6. The largest absolute Gasteiger partial charge is 0.497 e. The number of pyridine rings is 1. The van der Waals surface area contributed by atoms with Crippen LogP contribution in [0.15, 0.2) is 36.5 Å². The molecule has 0 saturated carbocycles. The zero-order valence-electron chi connectivity index (χ0n) is 17.5. The highest BCUT2D eigenvalue weighted by Crippen LogP contribution is 2.36. The van der Waals surface area contributed by atoms with Crippen molar-refractivity contribution < 1.29 is 27.4 Å². The highest BCUT2D eigenvalue weighted by molar-refractivity contribution is 5.91. The zero-order chi connectivity index (χ0) is 22.9. The third-order valence-electron chi connectivity index (χ3n) is 5.47. The third-order valence-corrected chi connectivity index (χ3v) is 5.47. The SMILES string of the molecule is COc1ccc(NC(=O)N2CCC(n3c(C(F)(F)F)nc4cccnc43)CC2)c(OC)c1. The van der Waals surface area contributed by atoms with Crippen molar-refractivity contribution in [2.75, 3.05) is 32.6 Å². The number of rotatable bonds is 4. The topological polar surface area (TPSA) is 81.5 Å². The summed E-state index contributed by atoms with van der Waals surface area (Å²) in [6.45, 7) is 0.581. The van der Waals surface area contributed by atoms with Gasteiger partial charge in [-0.15, -0.1) is 0 Å². The Morgan fingerprint density at radius 3 is 2.56 bits per heavy atom. The van der Waals surface area contributed by atoms with Gasteiger partial charge in [-0.2, -0.15) is 13.2 Å². The number of likely N-dealkylation sites (tertiary alicyclic amines) is 1. The minimum Gasteiger partial charge on any atom is -0.497 e. The Morgan fingerprint density at radius 1 is 1.16 bits per heavy atom. The fourth-order valence-electron chi connectivity index (χ4n) is 3.90. The minimum absolute atomic E-state index is 0.200. The number of fused-ring (bicyclic) bond motifs is 1. The molecule has 0 radical (unpaired) electrons. The van der Waals surface area contributed by atoms with Crippen molar-refractivity contribution in [3.63, 3.8) is 0 Å². The van der Waals surface area contributed by atoms with E-state index >= 15 is 0 Å². The second-order valence-electron chi connectivity index (χ2n) is 7.36. The van der Waals surface area contributed by atoms with Crippen LogP contribution in [0.5, 0.6) is 11.5 Å². The summed E-state index contributed by atoms with van der Waals surface area (Å²) in [5.74, 6) is 0.0673. The molecule has 0 unspecified atom stereocenters. The fourth-order valence-corrected chi connectivity index (χ4v) is 3.90. The van der Waals surface area contributed by atoms with Crippen molar-refractivity contribution in [2.45, 2.75) is 25.1 Å². The lowest BCUT2D eigenvalue weighted by Crippen LogP contribution is -2.42. The molecular formula is C21H22F3N5O3. The Kier molecular flexibility index (Phi) is 5.81. The lowest BCUT2D eigenvalue weighted by atomic mass is 10.0. The lowest BCUT2D eigenvalue weighted by Gasteiger charge is -2.33. The van der Waals surface area contributed by atoms with Gasteiger partial charge in [0.25, 0.3) is 0 Å². The summed E-state index contributed by atoms with van der Waals surface area (Å²) >= 11 is 0. The van der Waals surface area contributed by atoms with E-state index in [1.807, 2.05) is 0 Å². The summed E-state index contributed by atoms with van der Waals surface area (Å²) in [5.41, 5.74) is 0.877. The van der Waals surface area contributed by atoms with Gasteiger partial charge >= 0.3 is 12.2 Å². The number of aromatic nitrogens is 3. The van der Waals surface area contributed by atoms with Crippen LogP contribution in [0.1, 0.15) is 24.7 Å². The molecule has 0 aliphatic carbocycles. The number of carbonyl (C=O) groups is 1. The number of benzene rings is 1. The van der Waals surface area contributed by atoms with Crippen molar-refractivity contribution in [1.82, 2.24) is 19.4 Å². The quantitative estimate of drug-likeness (QED) is 0.641. The van der Waals surface area contributed by atoms with Crippen molar-refractivity contribution in [1.29, 1.82) is 0 Å². The second-order valence-corrected chi connectivity index (χ2v) is 7.36. The summed E-state index contributed by atoms with van der Waals surface area (Å²) in [5, 5.41) is 2.79. The zero-order valence-corrected chi connectivity index (χ0v) is 17.5. The van der Waals surface area contributed by atoms with Crippen LogP contribution >= 0.6 is 0 Å². The van der Waals surface area contributed by atoms with Gasteiger partial charge in [-0.05, 0) is 37.1 Å².